The Balaban J connectivity index is 1.37. The van der Waals surface area contributed by atoms with E-state index in [2.05, 4.69) is 34.9 Å². The van der Waals surface area contributed by atoms with E-state index in [0.717, 1.165) is 22.1 Å². The second-order valence-electron chi connectivity index (χ2n) is 6.35. The Morgan fingerprint density at radius 2 is 1.61 bits per heavy atom. The highest BCUT2D eigenvalue weighted by atomic mass is 32.1. The zero-order valence-electron chi connectivity index (χ0n) is 15.0. The van der Waals surface area contributed by atoms with Crippen molar-refractivity contribution in [3.05, 3.63) is 96.3 Å². The number of nitrogens with one attached hydrogen (secondary N) is 2. The van der Waals surface area contributed by atoms with Gasteiger partial charge in [-0.25, -0.2) is 0 Å². The van der Waals surface area contributed by atoms with Crippen molar-refractivity contribution < 1.29 is 9.21 Å². The van der Waals surface area contributed by atoms with Crippen LogP contribution in [0.15, 0.2) is 89.3 Å². The SMILES string of the molecule is O=C(NC(=S)NCc1cccc(-c2ccccc2)c1)c1cc2ccccc2o1. The fourth-order valence-corrected chi connectivity index (χ4v) is 3.14. The number of carbonyl (C=O) groups is 1. The van der Waals surface area contributed by atoms with Crippen molar-refractivity contribution in [1.82, 2.24) is 10.6 Å². The lowest BCUT2D eigenvalue weighted by atomic mass is 10.0. The van der Waals surface area contributed by atoms with Crippen molar-refractivity contribution in [2.75, 3.05) is 0 Å². The maximum absolute atomic E-state index is 12.3. The van der Waals surface area contributed by atoms with Crippen LogP contribution >= 0.6 is 12.2 Å². The number of carbonyl (C=O) groups excluding carboxylic acids is 1. The molecule has 1 aromatic heterocycles. The average Bonchev–Trinajstić information content (AvgIpc) is 3.18. The van der Waals surface area contributed by atoms with Gasteiger partial charge in [-0.15, -0.1) is 0 Å². The molecule has 0 unspecified atom stereocenters. The Bertz CT molecular complexity index is 1100. The third-order valence-corrected chi connectivity index (χ3v) is 4.61. The molecule has 3 aromatic carbocycles. The third kappa shape index (κ3) is 4.10. The number of fused-ring (bicyclic) bond motifs is 1. The number of thiocarbonyl (C=S) groups is 1. The van der Waals surface area contributed by atoms with Crippen LogP contribution in [0.3, 0.4) is 0 Å². The number of amides is 1. The van der Waals surface area contributed by atoms with Crippen molar-refractivity contribution in [2.45, 2.75) is 6.54 Å². The Kier molecular flexibility index (Phi) is 5.17. The molecule has 4 nitrogen and oxygen atoms in total. The van der Waals surface area contributed by atoms with Crippen LogP contribution in [0.4, 0.5) is 0 Å². The Morgan fingerprint density at radius 3 is 2.43 bits per heavy atom. The molecule has 138 valence electrons. The number of furan rings is 1. The van der Waals surface area contributed by atoms with E-state index in [1.54, 1.807) is 6.07 Å². The van der Waals surface area contributed by atoms with Gasteiger partial charge in [-0.2, -0.15) is 0 Å². The summed E-state index contributed by atoms with van der Waals surface area (Å²) in [5, 5.41) is 6.87. The lowest BCUT2D eigenvalue weighted by Gasteiger charge is -2.10. The maximum Gasteiger partial charge on any atom is 0.293 e. The number of benzene rings is 3. The number of para-hydroxylation sites is 1. The van der Waals surface area contributed by atoms with Crippen LogP contribution < -0.4 is 10.6 Å². The summed E-state index contributed by atoms with van der Waals surface area (Å²) in [6, 6.07) is 27.6. The van der Waals surface area contributed by atoms with Crippen molar-refractivity contribution in [2.24, 2.45) is 0 Å². The Labute approximate surface area is 168 Å². The van der Waals surface area contributed by atoms with Gasteiger partial charge in [0, 0.05) is 11.9 Å². The zero-order chi connectivity index (χ0) is 19.3. The number of hydrogen-bond donors (Lipinski definition) is 2. The number of hydrogen-bond acceptors (Lipinski definition) is 3. The Morgan fingerprint density at radius 1 is 0.857 bits per heavy atom. The molecule has 1 amide bonds. The van der Waals surface area contributed by atoms with Gasteiger partial charge in [0.25, 0.3) is 5.91 Å². The van der Waals surface area contributed by atoms with E-state index in [-0.39, 0.29) is 16.8 Å². The molecule has 0 spiro atoms. The van der Waals surface area contributed by atoms with E-state index < -0.39 is 0 Å². The predicted octanol–water partition coefficient (Wildman–Crippen LogP) is 4.90. The van der Waals surface area contributed by atoms with Gasteiger partial charge in [0.05, 0.1) is 0 Å². The number of rotatable bonds is 4. The minimum Gasteiger partial charge on any atom is -0.451 e. The van der Waals surface area contributed by atoms with Crippen LogP contribution in [0, 0.1) is 0 Å². The van der Waals surface area contributed by atoms with Crippen molar-refractivity contribution in [1.29, 1.82) is 0 Å². The van der Waals surface area contributed by atoms with E-state index in [9.17, 15) is 4.79 Å². The molecular weight excluding hydrogens is 368 g/mol. The molecule has 4 aromatic rings. The molecule has 0 saturated carbocycles. The van der Waals surface area contributed by atoms with E-state index in [4.69, 9.17) is 16.6 Å². The second kappa shape index (κ2) is 8.06. The van der Waals surface area contributed by atoms with E-state index in [1.807, 2.05) is 54.6 Å². The fraction of sp³-hybridized carbons (Fsp3) is 0.0435. The quantitative estimate of drug-likeness (QED) is 0.490. The fourth-order valence-electron chi connectivity index (χ4n) is 2.98. The highest BCUT2D eigenvalue weighted by molar-refractivity contribution is 7.80. The topological polar surface area (TPSA) is 54.3 Å². The molecule has 28 heavy (non-hydrogen) atoms. The first-order valence-electron chi connectivity index (χ1n) is 8.91. The van der Waals surface area contributed by atoms with Crippen LogP contribution in [0.1, 0.15) is 16.1 Å². The second-order valence-corrected chi connectivity index (χ2v) is 6.76. The molecule has 0 aliphatic rings. The van der Waals surface area contributed by atoms with Gasteiger partial charge in [-0.3, -0.25) is 10.1 Å². The van der Waals surface area contributed by atoms with Crippen molar-refractivity contribution in [3.8, 4) is 11.1 Å². The minimum atomic E-state index is -0.369. The molecule has 2 N–H and O–H groups in total. The molecule has 0 fully saturated rings. The molecule has 0 saturated heterocycles. The van der Waals surface area contributed by atoms with Crippen LogP contribution in [0.5, 0.6) is 0 Å². The Hall–Kier alpha value is -3.44. The van der Waals surface area contributed by atoms with Gasteiger partial charge in [-0.1, -0.05) is 66.7 Å². The summed E-state index contributed by atoms with van der Waals surface area (Å²) in [6.45, 7) is 0.514. The van der Waals surface area contributed by atoms with Gasteiger partial charge in [0.1, 0.15) is 5.58 Å². The van der Waals surface area contributed by atoms with Gasteiger partial charge in [-0.05, 0) is 47.1 Å². The van der Waals surface area contributed by atoms with Crippen LogP contribution in [-0.4, -0.2) is 11.0 Å². The lowest BCUT2D eigenvalue weighted by Crippen LogP contribution is -2.38. The molecule has 0 aliphatic carbocycles. The van der Waals surface area contributed by atoms with Crippen LogP contribution in [0.25, 0.3) is 22.1 Å². The monoisotopic (exact) mass is 386 g/mol. The molecule has 0 radical (unpaired) electrons. The minimum absolute atomic E-state index is 0.233. The first-order chi connectivity index (χ1) is 13.7. The van der Waals surface area contributed by atoms with Crippen molar-refractivity contribution >= 4 is 34.2 Å². The van der Waals surface area contributed by atoms with Gasteiger partial charge >= 0.3 is 0 Å². The van der Waals surface area contributed by atoms with E-state index in [0.29, 0.717) is 12.1 Å². The van der Waals surface area contributed by atoms with Crippen LogP contribution in [0.2, 0.25) is 0 Å². The average molecular weight is 386 g/mol. The zero-order valence-corrected chi connectivity index (χ0v) is 15.8. The molecule has 5 heteroatoms. The predicted molar refractivity (Wildman–Crippen MR) is 115 cm³/mol. The molecule has 4 rings (SSSR count). The van der Waals surface area contributed by atoms with E-state index in [1.165, 1.54) is 0 Å². The smallest absolute Gasteiger partial charge is 0.293 e. The molecule has 0 atom stereocenters. The molecule has 0 bridgehead atoms. The summed E-state index contributed by atoms with van der Waals surface area (Å²) in [5.74, 6) is -0.136. The molecule has 1 heterocycles. The molecular formula is C23H18N2O2S. The normalized spacial score (nSPS) is 10.6. The summed E-state index contributed by atoms with van der Waals surface area (Å²) in [7, 11) is 0. The first kappa shape index (κ1) is 17.9. The first-order valence-corrected chi connectivity index (χ1v) is 9.32. The van der Waals surface area contributed by atoms with Gasteiger partial charge in [0.15, 0.2) is 10.9 Å². The summed E-state index contributed by atoms with van der Waals surface area (Å²) in [5.41, 5.74) is 4.04. The van der Waals surface area contributed by atoms with E-state index >= 15 is 0 Å². The van der Waals surface area contributed by atoms with Crippen molar-refractivity contribution in [3.63, 3.8) is 0 Å². The van der Waals surface area contributed by atoms with Gasteiger partial charge in [0.2, 0.25) is 0 Å². The largest absolute Gasteiger partial charge is 0.451 e. The highest BCUT2D eigenvalue weighted by Gasteiger charge is 2.13. The summed E-state index contributed by atoms with van der Waals surface area (Å²) >= 11 is 5.25. The lowest BCUT2D eigenvalue weighted by molar-refractivity contribution is 0.0951. The maximum atomic E-state index is 12.3. The summed E-state index contributed by atoms with van der Waals surface area (Å²) in [6.07, 6.45) is 0. The van der Waals surface area contributed by atoms with Crippen LogP contribution in [-0.2, 0) is 6.54 Å². The third-order valence-electron chi connectivity index (χ3n) is 4.36. The summed E-state index contributed by atoms with van der Waals surface area (Å²) < 4.78 is 5.56. The van der Waals surface area contributed by atoms with Gasteiger partial charge < -0.3 is 9.73 Å². The molecule has 0 aliphatic heterocycles. The summed E-state index contributed by atoms with van der Waals surface area (Å²) in [4.78, 5) is 12.3. The standard InChI is InChI=1S/C23H18N2O2S/c26-22(21-14-19-10-4-5-12-20(19)27-21)25-23(28)24-15-16-7-6-11-18(13-16)17-8-2-1-3-9-17/h1-14H,15H2,(H2,24,25,26,28). The highest BCUT2D eigenvalue weighted by Crippen LogP contribution is 2.20.